The number of methoxy groups -OCH3 is 1. The number of aromatic nitrogens is 2. The Morgan fingerprint density at radius 3 is 2.84 bits per heavy atom. The van der Waals surface area contributed by atoms with Crippen LogP contribution >= 0.6 is 0 Å². The minimum atomic E-state index is 0.353. The maximum atomic E-state index is 5.43. The van der Waals surface area contributed by atoms with Gasteiger partial charge < -0.3 is 10.5 Å². The summed E-state index contributed by atoms with van der Waals surface area (Å²) in [5.41, 5.74) is 8.57. The zero-order valence-electron chi connectivity index (χ0n) is 11.2. The molecule has 1 heterocycles. The van der Waals surface area contributed by atoms with E-state index in [9.17, 15) is 0 Å². The quantitative estimate of drug-likeness (QED) is 0.847. The van der Waals surface area contributed by atoms with Crippen molar-refractivity contribution in [3.8, 4) is 17.6 Å². The van der Waals surface area contributed by atoms with Gasteiger partial charge in [-0.3, -0.25) is 4.68 Å². The molecule has 0 aliphatic rings. The minimum Gasteiger partial charge on any atom is -0.497 e. The highest BCUT2D eigenvalue weighted by Crippen LogP contribution is 2.18. The standard InChI is InChI=1S/C15H17N3O/c1-12-7-9-17-18(12)11-14-10-15(19-2)6-5-13(14)4-3-8-16/h5-7,9-10H,8,11,16H2,1-2H3. The molecule has 0 spiro atoms. The summed E-state index contributed by atoms with van der Waals surface area (Å²) in [5.74, 6) is 6.79. The second kappa shape index (κ2) is 6.07. The van der Waals surface area contributed by atoms with Gasteiger partial charge in [0.1, 0.15) is 5.75 Å². The van der Waals surface area contributed by atoms with Gasteiger partial charge in [0.15, 0.2) is 0 Å². The predicted octanol–water partition coefficient (Wildman–Crippen LogP) is 1.56. The Morgan fingerprint density at radius 1 is 1.37 bits per heavy atom. The van der Waals surface area contributed by atoms with Crippen LogP contribution in [0.25, 0.3) is 0 Å². The van der Waals surface area contributed by atoms with E-state index in [0.29, 0.717) is 13.1 Å². The molecule has 19 heavy (non-hydrogen) atoms. The molecule has 0 atom stereocenters. The van der Waals surface area contributed by atoms with Gasteiger partial charge in [0, 0.05) is 17.5 Å². The van der Waals surface area contributed by atoms with Crippen molar-refractivity contribution < 1.29 is 4.74 Å². The molecule has 98 valence electrons. The van der Waals surface area contributed by atoms with Crippen molar-refractivity contribution in [2.75, 3.05) is 13.7 Å². The first-order chi connectivity index (χ1) is 9.24. The first-order valence-corrected chi connectivity index (χ1v) is 6.09. The number of nitrogens with zero attached hydrogens (tertiary/aromatic N) is 2. The molecule has 0 aliphatic carbocycles. The van der Waals surface area contributed by atoms with Crippen molar-refractivity contribution in [3.63, 3.8) is 0 Å². The first kappa shape index (κ1) is 13.2. The van der Waals surface area contributed by atoms with Gasteiger partial charge in [-0.25, -0.2) is 0 Å². The van der Waals surface area contributed by atoms with Crippen molar-refractivity contribution in [2.45, 2.75) is 13.5 Å². The molecule has 0 amide bonds. The molecule has 4 heteroatoms. The van der Waals surface area contributed by atoms with Gasteiger partial charge in [0.05, 0.1) is 20.2 Å². The summed E-state index contributed by atoms with van der Waals surface area (Å²) in [6.45, 7) is 3.05. The number of hydrogen-bond acceptors (Lipinski definition) is 3. The Hall–Kier alpha value is -2.25. The summed E-state index contributed by atoms with van der Waals surface area (Å²) in [6, 6.07) is 7.82. The molecule has 2 aromatic rings. The molecule has 0 saturated carbocycles. The van der Waals surface area contributed by atoms with E-state index in [0.717, 1.165) is 22.6 Å². The van der Waals surface area contributed by atoms with Gasteiger partial charge in [-0.1, -0.05) is 11.8 Å². The highest BCUT2D eigenvalue weighted by Gasteiger charge is 2.05. The second-order valence-corrected chi connectivity index (χ2v) is 4.16. The van der Waals surface area contributed by atoms with Gasteiger partial charge in [-0.15, -0.1) is 0 Å². The Kier molecular flexibility index (Phi) is 4.22. The van der Waals surface area contributed by atoms with Gasteiger partial charge >= 0.3 is 0 Å². The second-order valence-electron chi connectivity index (χ2n) is 4.16. The first-order valence-electron chi connectivity index (χ1n) is 6.09. The smallest absolute Gasteiger partial charge is 0.119 e. The highest BCUT2D eigenvalue weighted by atomic mass is 16.5. The van der Waals surface area contributed by atoms with Crippen molar-refractivity contribution in [1.82, 2.24) is 9.78 Å². The topological polar surface area (TPSA) is 53.1 Å². The number of nitrogens with two attached hydrogens (primary N) is 1. The molecule has 0 radical (unpaired) electrons. The normalized spacial score (nSPS) is 9.84. The maximum Gasteiger partial charge on any atom is 0.119 e. The number of aryl methyl sites for hydroxylation is 1. The van der Waals surface area contributed by atoms with Crippen LogP contribution in [-0.2, 0) is 6.54 Å². The number of ether oxygens (including phenoxy) is 1. The molecule has 0 bridgehead atoms. The Labute approximate surface area is 113 Å². The van der Waals surface area contributed by atoms with Gasteiger partial charge in [-0.05, 0) is 36.8 Å². The third-order valence-corrected chi connectivity index (χ3v) is 2.89. The van der Waals surface area contributed by atoms with Crippen molar-refractivity contribution in [2.24, 2.45) is 5.73 Å². The van der Waals surface area contributed by atoms with E-state index in [1.165, 1.54) is 0 Å². The lowest BCUT2D eigenvalue weighted by Gasteiger charge is -2.09. The van der Waals surface area contributed by atoms with Gasteiger partial charge in [-0.2, -0.15) is 5.10 Å². The van der Waals surface area contributed by atoms with E-state index in [1.807, 2.05) is 35.9 Å². The van der Waals surface area contributed by atoms with Crippen LogP contribution in [0.5, 0.6) is 5.75 Å². The van der Waals surface area contributed by atoms with Gasteiger partial charge in [0.2, 0.25) is 0 Å². The Bertz CT molecular complexity index is 620. The fraction of sp³-hybridized carbons (Fsp3) is 0.267. The zero-order chi connectivity index (χ0) is 13.7. The lowest BCUT2D eigenvalue weighted by atomic mass is 10.1. The van der Waals surface area contributed by atoms with Crippen molar-refractivity contribution in [1.29, 1.82) is 0 Å². The predicted molar refractivity (Wildman–Crippen MR) is 75.0 cm³/mol. The average molecular weight is 255 g/mol. The Morgan fingerprint density at radius 2 is 2.21 bits per heavy atom. The molecule has 0 aliphatic heterocycles. The minimum absolute atomic E-state index is 0.353. The SMILES string of the molecule is COc1ccc(C#CCN)c(Cn2nccc2C)c1. The van der Waals surface area contributed by atoms with Crippen molar-refractivity contribution >= 4 is 0 Å². The summed E-state index contributed by atoms with van der Waals surface area (Å²) < 4.78 is 7.19. The van der Waals surface area contributed by atoms with E-state index in [1.54, 1.807) is 13.3 Å². The molecule has 1 aromatic carbocycles. The van der Waals surface area contributed by atoms with Crippen molar-refractivity contribution in [3.05, 3.63) is 47.3 Å². The van der Waals surface area contributed by atoms with Crippen LogP contribution in [0.4, 0.5) is 0 Å². The largest absolute Gasteiger partial charge is 0.497 e. The van der Waals surface area contributed by atoms with Crippen LogP contribution in [0, 0.1) is 18.8 Å². The fourth-order valence-corrected chi connectivity index (χ4v) is 1.82. The van der Waals surface area contributed by atoms with Gasteiger partial charge in [0.25, 0.3) is 0 Å². The molecule has 2 N–H and O–H groups in total. The number of hydrogen-bond donors (Lipinski definition) is 1. The lowest BCUT2D eigenvalue weighted by Crippen LogP contribution is -2.05. The third-order valence-electron chi connectivity index (χ3n) is 2.89. The molecule has 0 unspecified atom stereocenters. The molecular weight excluding hydrogens is 238 g/mol. The van der Waals surface area contributed by atoms with Crippen LogP contribution in [0.15, 0.2) is 30.5 Å². The zero-order valence-corrected chi connectivity index (χ0v) is 11.2. The monoisotopic (exact) mass is 255 g/mol. The van der Waals surface area contributed by atoms with Crippen LogP contribution < -0.4 is 10.5 Å². The third kappa shape index (κ3) is 3.15. The summed E-state index contributed by atoms with van der Waals surface area (Å²) in [5, 5.41) is 4.29. The lowest BCUT2D eigenvalue weighted by molar-refractivity contribution is 0.414. The van der Waals surface area contributed by atoms with E-state index < -0.39 is 0 Å². The van der Waals surface area contributed by atoms with E-state index in [4.69, 9.17) is 10.5 Å². The number of benzene rings is 1. The fourth-order valence-electron chi connectivity index (χ4n) is 1.82. The number of rotatable bonds is 3. The molecule has 1 aromatic heterocycles. The summed E-state index contributed by atoms with van der Waals surface area (Å²) in [6.07, 6.45) is 1.79. The summed E-state index contributed by atoms with van der Waals surface area (Å²) >= 11 is 0. The summed E-state index contributed by atoms with van der Waals surface area (Å²) in [4.78, 5) is 0. The highest BCUT2D eigenvalue weighted by molar-refractivity contribution is 5.45. The van der Waals surface area contributed by atoms with Crippen LogP contribution in [0.2, 0.25) is 0 Å². The molecule has 0 saturated heterocycles. The summed E-state index contributed by atoms with van der Waals surface area (Å²) in [7, 11) is 1.66. The average Bonchev–Trinajstić information content (AvgIpc) is 2.83. The Balaban J connectivity index is 2.37. The molecule has 4 nitrogen and oxygen atoms in total. The molecular formula is C15H17N3O. The van der Waals surface area contributed by atoms with E-state index in [-0.39, 0.29) is 0 Å². The molecule has 0 fully saturated rings. The van der Waals surface area contributed by atoms with Crippen LogP contribution in [0.1, 0.15) is 16.8 Å². The molecule has 2 rings (SSSR count). The van der Waals surface area contributed by atoms with Crippen LogP contribution in [-0.4, -0.2) is 23.4 Å². The van der Waals surface area contributed by atoms with Crippen LogP contribution in [0.3, 0.4) is 0 Å². The van der Waals surface area contributed by atoms with E-state index >= 15 is 0 Å². The maximum absolute atomic E-state index is 5.43. The van der Waals surface area contributed by atoms with E-state index in [2.05, 4.69) is 16.9 Å².